The van der Waals surface area contributed by atoms with Crippen molar-refractivity contribution in [2.45, 2.75) is 10.1 Å². The number of carbonyl (C=O) groups is 1. The van der Waals surface area contributed by atoms with Gasteiger partial charge in [0.05, 0.1) is 22.5 Å². The van der Waals surface area contributed by atoms with E-state index in [0.717, 1.165) is 11.8 Å². The zero-order valence-electron chi connectivity index (χ0n) is 9.00. The molecular weight excluding hydrogens is 274 g/mol. The first-order valence-corrected chi connectivity index (χ1v) is 6.04. The van der Waals surface area contributed by atoms with Crippen molar-refractivity contribution in [3.8, 4) is 0 Å². The average molecular weight is 282 g/mol. The first-order valence-electron chi connectivity index (χ1n) is 4.85. The molecule has 0 fully saturated rings. The van der Waals surface area contributed by atoms with Crippen molar-refractivity contribution in [3.63, 3.8) is 0 Å². The molecule has 0 radical (unpaired) electrons. The van der Waals surface area contributed by atoms with Crippen LogP contribution < -0.4 is 5.73 Å². The van der Waals surface area contributed by atoms with E-state index >= 15 is 0 Å². The lowest BCUT2D eigenvalue weighted by atomic mass is 10.3. The molecule has 7 heteroatoms. The Hall–Kier alpha value is -1.79. The largest absolute Gasteiger partial charge is 0.478 e. The van der Waals surface area contributed by atoms with Crippen molar-refractivity contribution < 1.29 is 9.90 Å². The van der Waals surface area contributed by atoms with Gasteiger partial charge in [0.15, 0.2) is 0 Å². The first kappa shape index (κ1) is 12.7. The molecule has 2 aromatic heterocycles. The van der Waals surface area contributed by atoms with Crippen molar-refractivity contribution in [2.24, 2.45) is 0 Å². The molecule has 0 saturated heterocycles. The van der Waals surface area contributed by atoms with Gasteiger partial charge in [0, 0.05) is 6.20 Å². The maximum Gasteiger partial charge on any atom is 0.338 e. The topological polar surface area (TPSA) is 89.1 Å². The number of carboxylic acid groups (broad SMARTS) is 1. The molecule has 0 aliphatic heterocycles. The number of nitrogens with two attached hydrogens (primary N) is 1. The third-order valence-electron chi connectivity index (χ3n) is 2.02. The second kappa shape index (κ2) is 5.24. The Morgan fingerprint density at radius 3 is 2.83 bits per heavy atom. The molecule has 0 aliphatic rings. The molecule has 3 N–H and O–H groups in total. The molecule has 5 nitrogen and oxygen atoms in total. The lowest BCUT2D eigenvalue weighted by Crippen LogP contribution is -2.02. The number of pyridine rings is 2. The number of halogens is 1. The van der Waals surface area contributed by atoms with Gasteiger partial charge in [-0.25, -0.2) is 14.8 Å². The van der Waals surface area contributed by atoms with Crippen molar-refractivity contribution in [1.82, 2.24) is 9.97 Å². The molecule has 2 aromatic rings. The van der Waals surface area contributed by atoms with Crippen LogP contribution in [-0.2, 0) is 0 Å². The van der Waals surface area contributed by atoms with Crippen LogP contribution >= 0.6 is 23.4 Å². The van der Waals surface area contributed by atoms with Gasteiger partial charge in [-0.05, 0) is 30.0 Å². The van der Waals surface area contributed by atoms with Crippen LogP contribution in [0.3, 0.4) is 0 Å². The molecule has 92 valence electrons. The van der Waals surface area contributed by atoms with Gasteiger partial charge in [0.25, 0.3) is 0 Å². The molecule has 0 unspecified atom stereocenters. The highest BCUT2D eigenvalue weighted by Gasteiger charge is 2.15. The fraction of sp³-hybridized carbons (Fsp3) is 0. The minimum absolute atomic E-state index is 0.0294. The molecule has 18 heavy (non-hydrogen) atoms. The fourth-order valence-electron chi connectivity index (χ4n) is 1.24. The molecule has 0 aromatic carbocycles. The van der Waals surface area contributed by atoms with E-state index in [-0.39, 0.29) is 5.56 Å². The molecule has 0 amide bonds. The van der Waals surface area contributed by atoms with E-state index in [4.69, 9.17) is 22.4 Å². The molecule has 0 atom stereocenters. The normalized spacial score (nSPS) is 10.3. The van der Waals surface area contributed by atoms with Crippen molar-refractivity contribution in [2.75, 3.05) is 5.73 Å². The third-order valence-corrected chi connectivity index (χ3v) is 3.48. The standard InChI is InChI=1S/C11H8ClN3O2S/c12-8-2-1-3-14-10(8)18-9-7(11(16)17)4-6(13)5-15-9/h1-5H,13H2,(H,16,17). The molecule has 2 rings (SSSR count). The Bertz CT molecular complexity index is 607. The van der Waals surface area contributed by atoms with E-state index in [1.165, 1.54) is 12.3 Å². The van der Waals surface area contributed by atoms with Crippen LogP contribution in [0.1, 0.15) is 10.4 Å². The van der Waals surface area contributed by atoms with Crippen molar-refractivity contribution in [3.05, 3.63) is 41.2 Å². The maximum absolute atomic E-state index is 11.1. The number of aromatic carboxylic acids is 1. The summed E-state index contributed by atoms with van der Waals surface area (Å²) < 4.78 is 0. The van der Waals surface area contributed by atoms with Crippen LogP contribution in [0.5, 0.6) is 0 Å². The number of hydrogen-bond acceptors (Lipinski definition) is 5. The molecule has 2 heterocycles. The number of aromatic nitrogens is 2. The van der Waals surface area contributed by atoms with Gasteiger partial charge < -0.3 is 10.8 Å². The van der Waals surface area contributed by atoms with Gasteiger partial charge in [-0.15, -0.1) is 0 Å². The highest BCUT2D eigenvalue weighted by Crippen LogP contribution is 2.32. The zero-order chi connectivity index (χ0) is 13.1. The summed E-state index contributed by atoms with van der Waals surface area (Å²) in [7, 11) is 0. The second-order valence-corrected chi connectivity index (χ2v) is 4.70. The van der Waals surface area contributed by atoms with E-state index in [1.807, 2.05) is 0 Å². The van der Waals surface area contributed by atoms with Gasteiger partial charge in [0.2, 0.25) is 0 Å². The van der Waals surface area contributed by atoms with Gasteiger partial charge in [-0.2, -0.15) is 0 Å². The molecule has 0 bridgehead atoms. The number of nitrogens with zero attached hydrogens (tertiary/aromatic N) is 2. The summed E-state index contributed by atoms with van der Waals surface area (Å²) in [5.41, 5.74) is 5.84. The number of anilines is 1. The van der Waals surface area contributed by atoms with E-state index in [2.05, 4.69) is 9.97 Å². The summed E-state index contributed by atoms with van der Waals surface area (Å²) in [6.07, 6.45) is 2.97. The lowest BCUT2D eigenvalue weighted by molar-refractivity contribution is 0.0692. The van der Waals surface area contributed by atoms with Gasteiger partial charge in [-0.3, -0.25) is 0 Å². The number of carboxylic acids is 1. The average Bonchev–Trinajstić information content (AvgIpc) is 2.34. The minimum Gasteiger partial charge on any atom is -0.478 e. The second-order valence-electron chi connectivity index (χ2n) is 3.32. The molecule has 0 aliphatic carbocycles. The number of nitrogen functional groups attached to an aromatic ring is 1. The molecule has 0 saturated carbocycles. The Labute approximate surface area is 112 Å². The third kappa shape index (κ3) is 2.72. The van der Waals surface area contributed by atoms with E-state index in [0.29, 0.717) is 20.8 Å². The van der Waals surface area contributed by atoms with Crippen LogP contribution in [0.25, 0.3) is 0 Å². The quantitative estimate of drug-likeness (QED) is 0.899. The summed E-state index contributed by atoms with van der Waals surface area (Å²) >= 11 is 7.04. The van der Waals surface area contributed by atoms with Crippen LogP contribution in [-0.4, -0.2) is 21.0 Å². The summed E-state index contributed by atoms with van der Waals surface area (Å²) in [4.78, 5) is 19.1. The van der Waals surface area contributed by atoms with Crippen LogP contribution in [0.2, 0.25) is 5.02 Å². The van der Waals surface area contributed by atoms with E-state index in [9.17, 15) is 4.79 Å². The van der Waals surface area contributed by atoms with E-state index in [1.54, 1.807) is 18.3 Å². The number of hydrogen-bond donors (Lipinski definition) is 2. The Morgan fingerprint density at radius 1 is 1.39 bits per heavy atom. The van der Waals surface area contributed by atoms with Crippen LogP contribution in [0.4, 0.5) is 5.69 Å². The number of rotatable bonds is 3. The zero-order valence-corrected chi connectivity index (χ0v) is 10.6. The van der Waals surface area contributed by atoms with Gasteiger partial charge in [-0.1, -0.05) is 11.6 Å². The summed E-state index contributed by atoms with van der Waals surface area (Å²) in [6.45, 7) is 0. The smallest absolute Gasteiger partial charge is 0.338 e. The predicted octanol–water partition coefficient (Wildman–Crippen LogP) is 2.56. The summed E-state index contributed by atoms with van der Waals surface area (Å²) in [5.74, 6) is -1.09. The Kier molecular flexibility index (Phi) is 3.69. The van der Waals surface area contributed by atoms with Gasteiger partial charge in [0.1, 0.15) is 10.1 Å². The predicted molar refractivity (Wildman–Crippen MR) is 69.0 cm³/mol. The SMILES string of the molecule is Nc1cnc(Sc2ncccc2Cl)c(C(=O)O)c1. The Morgan fingerprint density at radius 2 is 2.17 bits per heavy atom. The van der Waals surface area contributed by atoms with Crippen molar-refractivity contribution in [1.29, 1.82) is 0 Å². The van der Waals surface area contributed by atoms with Crippen LogP contribution in [0, 0.1) is 0 Å². The molecule has 0 spiro atoms. The fourth-order valence-corrected chi connectivity index (χ4v) is 2.30. The monoisotopic (exact) mass is 281 g/mol. The minimum atomic E-state index is -1.09. The van der Waals surface area contributed by atoms with Crippen LogP contribution in [0.15, 0.2) is 40.6 Å². The van der Waals surface area contributed by atoms with Crippen molar-refractivity contribution >= 4 is 35.0 Å². The Balaban J connectivity index is 2.41. The summed E-state index contributed by atoms with van der Waals surface area (Å²) in [5, 5.41) is 10.3. The maximum atomic E-state index is 11.1. The highest BCUT2D eigenvalue weighted by molar-refractivity contribution is 7.99. The van der Waals surface area contributed by atoms with Gasteiger partial charge >= 0.3 is 5.97 Å². The lowest BCUT2D eigenvalue weighted by Gasteiger charge is -2.06. The molecular formula is C11H8ClN3O2S. The summed E-state index contributed by atoms with van der Waals surface area (Å²) in [6, 6.07) is 4.73. The first-order chi connectivity index (χ1) is 8.58. The highest BCUT2D eigenvalue weighted by atomic mass is 35.5. The van der Waals surface area contributed by atoms with E-state index < -0.39 is 5.97 Å².